The van der Waals surface area contributed by atoms with E-state index in [4.69, 9.17) is 5.41 Å². The Morgan fingerprint density at radius 3 is 2.45 bits per heavy atom. The Morgan fingerprint density at radius 2 is 1.87 bits per heavy atom. The lowest BCUT2D eigenvalue weighted by atomic mass is 9.93. The number of nitrogens with one attached hydrogen (secondary N) is 3. The number of aromatic carboxylic acids is 1. The summed E-state index contributed by atoms with van der Waals surface area (Å²) in [5, 5.41) is 23.4. The standard InChI is InChI=1S/C24H24FN3O3/c25-21-7-2-1-6-20(21)24(10-11-24)23(31)28-17-8-9-18(19(12-17)22(29)30)15(13-26)14-27-16-4-3-5-16/h1-2,6-9,12-14,16,26-27H,3-5,10-11H2,(H,28,31)(H,29,30)/b15-14+,26-13?. The third-order valence-corrected chi connectivity index (χ3v) is 6.13. The molecule has 2 aliphatic carbocycles. The molecule has 0 heterocycles. The third-order valence-electron chi connectivity index (χ3n) is 6.13. The number of anilines is 1. The Bertz CT molecular complexity index is 1070. The topological polar surface area (TPSA) is 102 Å². The Balaban J connectivity index is 1.58. The van der Waals surface area contributed by atoms with Gasteiger partial charge in [-0.15, -0.1) is 0 Å². The highest BCUT2D eigenvalue weighted by Gasteiger charge is 2.52. The largest absolute Gasteiger partial charge is 0.478 e. The molecule has 0 radical (unpaired) electrons. The fourth-order valence-electron chi connectivity index (χ4n) is 3.87. The van der Waals surface area contributed by atoms with Gasteiger partial charge in [-0.2, -0.15) is 0 Å². The summed E-state index contributed by atoms with van der Waals surface area (Å²) in [5.74, 6) is -1.93. The SMILES string of the molecule is N=C/C(=C\NC1CCC1)c1ccc(NC(=O)C2(c3ccccc3F)CC2)cc1C(=O)O. The molecule has 0 bridgehead atoms. The van der Waals surface area contributed by atoms with E-state index < -0.39 is 17.2 Å². The van der Waals surface area contributed by atoms with Gasteiger partial charge in [0.1, 0.15) is 5.82 Å². The second-order valence-electron chi connectivity index (χ2n) is 8.12. The summed E-state index contributed by atoms with van der Waals surface area (Å²) in [6.07, 6.45) is 7.14. The summed E-state index contributed by atoms with van der Waals surface area (Å²) >= 11 is 0. The Labute approximate surface area is 179 Å². The van der Waals surface area contributed by atoms with Crippen LogP contribution in [0.15, 0.2) is 48.7 Å². The third kappa shape index (κ3) is 4.08. The second kappa shape index (κ2) is 8.34. The predicted octanol–water partition coefficient (Wildman–Crippen LogP) is 4.33. The van der Waals surface area contributed by atoms with Crippen molar-refractivity contribution in [3.8, 4) is 0 Å². The maximum atomic E-state index is 14.2. The van der Waals surface area contributed by atoms with Crippen LogP contribution in [0.3, 0.4) is 0 Å². The number of carboxylic acids is 1. The van der Waals surface area contributed by atoms with E-state index in [1.165, 1.54) is 12.1 Å². The van der Waals surface area contributed by atoms with Crippen LogP contribution in [0.5, 0.6) is 0 Å². The van der Waals surface area contributed by atoms with Gasteiger partial charge >= 0.3 is 5.97 Å². The van der Waals surface area contributed by atoms with Gasteiger partial charge in [-0.3, -0.25) is 4.79 Å². The van der Waals surface area contributed by atoms with Crippen LogP contribution in [0, 0.1) is 11.2 Å². The molecule has 2 fully saturated rings. The van der Waals surface area contributed by atoms with Crippen molar-refractivity contribution in [1.82, 2.24) is 5.32 Å². The average Bonchev–Trinajstić information content (AvgIpc) is 3.52. The van der Waals surface area contributed by atoms with E-state index >= 15 is 0 Å². The monoisotopic (exact) mass is 421 g/mol. The fraction of sp³-hybridized carbons (Fsp3) is 0.292. The van der Waals surface area contributed by atoms with Gasteiger partial charge in [-0.1, -0.05) is 24.3 Å². The van der Waals surface area contributed by atoms with Gasteiger partial charge in [0.05, 0.1) is 11.0 Å². The van der Waals surface area contributed by atoms with Crippen molar-refractivity contribution in [2.75, 3.05) is 5.32 Å². The summed E-state index contributed by atoms with van der Waals surface area (Å²) in [5.41, 5.74) is 0.595. The van der Waals surface area contributed by atoms with Crippen molar-refractivity contribution < 1.29 is 19.1 Å². The quantitative estimate of drug-likeness (QED) is 0.477. The first-order valence-corrected chi connectivity index (χ1v) is 10.4. The van der Waals surface area contributed by atoms with E-state index in [1.54, 1.807) is 36.5 Å². The Kier molecular flexibility index (Phi) is 5.59. The molecule has 0 saturated heterocycles. The minimum Gasteiger partial charge on any atom is -0.478 e. The molecule has 31 heavy (non-hydrogen) atoms. The number of benzene rings is 2. The van der Waals surface area contributed by atoms with E-state index in [9.17, 15) is 19.1 Å². The van der Waals surface area contributed by atoms with Gasteiger partial charge < -0.3 is 21.1 Å². The number of rotatable bonds is 8. The number of allylic oxidation sites excluding steroid dienone is 1. The minimum absolute atomic E-state index is 0.0151. The number of carbonyl (C=O) groups excluding carboxylic acids is 1. The van der Waals surface area contributed by atoms with Gasteiger partial charge in [-0.05, 0) is 55.9 Å². The van der Waals surface area contributed by atoms with Crippen molar-refractivity contribution >= 4 is 29.4 Å². The molecule has 0 aliphatic heterocycles. The molecule has 160 valence electrons. The highest BCUT2D eigenvalue weighted by Crippen LogP contribution is 2.49. The highest BCUT2D eigenvalue weighted by atomic mass is 19.1. The summed E-state index contributed by atoms with van der Waals surface area (Å²) in [7, 11) is 0. The molecular weight excluding hydrogens is 397 g/mol. The first-order valence-electron chi connectivity index (χ1n) is 10.4. The molecule has 2 aliphatic rings. The van der Waals surface area contributed by atoms with Crippen LogP contribution in [0.4, 0.5) is 10.1 Å². The number of carboxylic acid groups (broad SMARTS) is 1. The van der Waals surface area contributed by atoms with Crippen molar-refractivity contribution in [1.29, 1.82) is 5.41 Å². The van der Waals surface area contributed by atoms with E-state index in [0.717, 1.165) is 25.5 Å². The molecule has 4 N–H and O–H groups in total. The second-order valence-corrected chi connectivity index (χ2v) is 8.12. The lowest BCUT2D eigenvalue weighted by Gasteiger charge is -2.26. The van der Waals surface area contributed by atoms with Crippen LogP contribution < -0.4 is 10.6 Å². The molecular formula is C24H24FN3O3. The van der Waals surface area contributed by atoms with Gasteiger partial charge in [0.25, 0.3) is 0 Å². The van der Waals surface area contributed by atoms with Crippen LogP contribution in [-0.4, -0.2) is 29.2 Å². The number of hydrogen-bond acceptors (Lipinski definition) is 4. The first kappa shape index (κ1) is 20.8. The zero-order valence-electron chi connectivity index (χ0n) is 17.0. The average molecular weight is 421 g/mol. The maximum Gasteiger partial charge on any atom is 0.336 e. The first-order chi connectivity index (χ1) is 14.9. The molecule has 7 heteroatoms. The van der Waals surface area contributed by atoms with Crippen molar-refractivity contribution in [3.05, 3.63) is 71.2 Å². The van der Waals surface area contributed by atoms with E-state index in [2.05, 4.69) is 10.6 Å². The van der Waals surface area contributed by atoms with Gasteiger partial charge in [0, 0.05) is 35.3 Å². The zero-order chi connectivity index (χ0) is 22.0. The number of halogens is 1. The normalized spacial score (nSPS) is 17.4. The summed E-state index contributed by atoms with van der Waals surface area (Å²) in [6.45, 7) is 0. The maximum absolute atomic E-state index is 14.2. The molecule has 0 spiro atoms. The predicted molar refractivity (Wildman–Crippen MR) is 117 cm³/mol. The molecule has 4 rings (SSSR count). The highest BCUT2D eigenvalue weighted by molar-refractivity contribution is 6.12. The fourth-order valence-corrected chi connectivity index (χ4v) is 3.87. The molecule has 1 amide bonds. The summed E-state index contributed by atoms with van der Waals surface area (Å²) < 4.78 is 14.2. The van der Waals surface area contributed by atoms with Crippen molar-refractivity contribution in [2.45, 2.75) is 43.6 Å². The molecule has 2 aromatic rings. The lowest BCUT2D eigenvalue weighted by Crippen LogP contribution is -2.31. The van der Waals surface area contributed by atoms with Gasteiger partial charge in [0.15, 0.2) is 0 Å². The minimum atomic E-state index is -1.15. The van der Waals surface area contributed by atoms with E-state index in [0.29, 0.717) is 41.3 Å². The van der Waals surface area contributed by atoms with Crippen molar-refractivity contribution in [3.63, 3.8) is 0 Å². The van der Waals surface area contributed by atoms with Crippen LogP contribution in [-0.2, 0) is 10.2 Å². The molecule has 0 aromatic heterocycles. The lowest BCUT2D eigenvalue weighted by molar-refractivity contribution is -0.118. The van der Waals surface area contributed by atoms with Crippen LogP contribution in [0.1, 0.15) is 53.6 Å². The summed E-state index contributed by atoms with van der Waals surface area (Å²) in [4.78, 5) is 24.8. The number of hydrogen-bond donors (Lipinski definition) is 4. The van der Waals surface area contributed by atoms with Crippen LogP contribution in [0.25, 0.3) is 5.57 Å². The molecule has 0 unspecified atom stereocenters. The Morgan fingerprint density at radius 1 is 1.13 bits per heavy atom. The number of amides is 1. The van der Waals surface area contributed by atoms with Crippen LogP contribution >= 0.6 is 0 Å². The Hall–Kier alpha value is -3.48. The van der Waals surface area contributed by atoms with Gasteiger partial charge in [0.2, 0.25) is 5.91 Å². The molecule has 6 nitrogen and oxygen atoms in total. The number of carbonyl (C=O) groups is 2. The molecule has 0 atom stereocenters. The van der Waals surface area contributed by atoms with E-state index in [1.807, 2.05) is 0 Å². The smallest absolute Gasteiger partial charge is 0.336 e. The summed E-state index contributed by atoms with van der Waals surface area (Å²) in [6, 6.07) is 11.2. The molecule has 2 aromatic carbocycles. The molecule has 2 saturated carbocycles. The zero-order valence-corrected chi connectivity index (χ0v) is 17.0. The van der Waals surface area contributed by atoms with E-state index in [-0.39, 0.29) is 11.5 Å². The van der Waals surface area contributed by atoms with Crippen molar-refractivity contribution in [2.24, 2.45) is 0 Å². The van der Waals surface area contributed by atoms with Crippen LogP contribution in [0.2, 0.25) is 0 Å². The van der Waals surface area contributed by atoms with Gasteiger partial charge in [-0.25, -0.2) is 9.18 Å².